The molecular weight excluding hydrogens is 342 g/mol. The summed E-state index contributed by atoms with van der Waals surface area (Å²) in [7, 11) is 3.30. The number of halogens is 1. The lowest BCUT2D eigenvalue weighted by atomic mass is 10.1. The lowest BCUT2D eigenvalue weighted by molar-refractivity contribution is 0.0792. The Bertz CT molecular complexity index is 778. The fraction of sp³-hybridized carbons (Fsp3) is 0.353. The molecule has 8 heteroatoms. The van der Waals surface area contributed by atoms with Crippen molar-refractivity contribution in [3.05, 3.63) is 35.0 Å². The molecule has 1 aromatic carbocycles. The van der Waals surface area contributed by atoms with Gasteiger partial charge in [0.2, 0.25) is 5.95 Å². The van der Waals surface area contributed by atoms with E-state index in [1.807, 2.05) is 4.90 Å². The maximum atomic E-state index is 12.5. The highest BCUT2D eigenvalue weighted by Gasteiger charge is 2.20. The summed E-state index contributed by atoms with van der Waals surface area (Å²) in [5.41, 5.74) is 1.28. The first-order valence-electron chi connectivity index (χ1n) is 8.07. The molecule has 2 N–H and O–H groups in total. The number of nitrogens with zero attached hydrogens (tertiary/aromatic N) is 3. The minimum Gasteiger partial charge on any atom is -0.495 e. The Hall–Kier alpha value is -2.54. The standard InChI is InChI=1S/C17H20ClN5O2/c1-19-15-12(18)10-20-17(22-15)21-13-6-5-11(9-14(13)25-2)16(24)23-7-3-4-8-23/h5-6,9-10H,3-4,7-8H2,1-2H3,(H2,19,20,21,22). The van der Waals surface area contributed by atoms with Crippen molar-refractivity contribution in [3.8, 4) is 5.75 Å². The SMILES string of the molecule is CNc1nc(Nc2ccc(C(=O)N3CCCC3)cc2OC)ncc1Cl. The molecule has 1 aliphatic rings. The molecule has 0 radical (unpaired) electrons. The smallest absolute Gasteiger partial charge is 0.253 e. The van der Waals surface area contributed by atoms with Gasteiger partial charge < -0.3 is 20.3 Å². The van der Waals surface area contributed by atoms with Crippen LogP contribution < -0.4 is 15.4 Å². The fourth-order valence-corrected chi connectivity index (χ4v) is 2.94. The zero-order valence-corrected chi connectivity index (χ0v) is 14.9. The number of amides is 1. The van der Waals surface area contributed by atoms with Crippen molar-refractivity contribution in [2.24, 2.45) is 0 Å². The number of carbonyl (C=O) groups is 1. The first-order chi connectivity index (χ1) is 12.1. The van der Waals surface area contributed by atoms with Gasteiger partial charge in [0.05, 0.1) is 19.0 Å². The second kappa shape index (κ2) is 7.57. The van der Waals surface area contributed by atoms with E-state index in [1.165, 1.54) is 6.20 Å². The van der Waals surface area contributed by atoms with E-state index in [2.05, 4.69) is 20.6 Å². The summed E-state index contributed by atoms with van der Waals surface area (Å²) in [6, 6.07) is 5.30. The van der Waals surface area contributed by atoms with Crippen LogP contribution in [0.5, 0.6) is 5.75 Å². The molecule has 1 saturated heterocycles. The minimum atomic E-state index is 0.0302. The molecule has 0 saturated carbocycles. The molecule has 0 spiro atoms. The molecule has 132 valence electrons. The van der Waals surface area contributed by atoms with E-state index in [9.17, 15) is 4.79 Å². The van der Waals surface area contributed by atoms with Crippen molar-refractivity contribution >= 4 is 35.0 Å². The molecule has 0 aliphatic carbocycles. The zero-order valence-electron chi connectivity index (χ0n) is 14.2. The van der Waals surface area contributed by atoms with Gasteiger partial charge >= 0.3 is 0 Å². The Kier molecular flexibility index (Phi) is 5.23. The van der Waals surface area contributed by atoms with Gasteiger partial charge in [-0.1, -0.05) is 11.6 Å². The van der Waals surface area contributed by atoms with Crippen LogP contribution in [-0.4, -0.2) is 48.0 Å². The number of anilines is 3. The Morgan fingerprint density at radius 1 is 1.32 bits per heavy atom. The number of nitrogens with one attached hydrogen (secondary N) is 2. The minimum absolute atomic E-state index is 0.0302. The van der Waals surface area contributed by atoms with Crippen LogP contribution in [0.2, 0.25) is 5.02 Å². The highest BCUT2D eigenvalue weighted by atomic mass is 35.5. The maximum Gasteiger partial charge on any atom is 0.253 e. The van der Waals surface area contributed by atoms with Crippen LogP contribution in [0.15, 0.2) is 24.4 Å². The van der Waals surface area contributed by atoms with Gasteiger partial charge in [-0.15, -0.1) is 0 Å². The Morgan fingerprint density at radius 3 is 2.76 bits per heavy atom. The van der Waals surface area contributed by atoms with Gasteiger partial charge in [-0.3, -0.25) is 4.79 Å². The van der Waals surface area contributed by atoms with E-state index in [-0.39, 0.29) is 5.91 Å². The van der Waals surface area contributed by atoms with Crippen molar-refractivity contribution in [2.45, 2.75) is 12.8 Å². The number of likely N-dealkylation sites (tertiary alicyclic amines) is 1. The molecule has 2 aromatic rings. The van der Waals surface area contributed by atoms with Crippen LogP contribution in [0, 0.1) is 0 Å². The fourth-order valence-electron chi connectivity index (χ4n) is 2.75. The van der Waals surface area contributed by atoms with Crippen molar-refractivity contribution < 1.29 is 9.53 Å². The third kappa shape index (κ3) is 3.76. The lowest BCUT2D eigenvalue weighted by Crippen LogP contribution is -2.27. The van der Waals surface area contributed by atoms with E-state index in [0.717, 1.165) is 25.9 Å². The van der Waals surface area contributed by atoms with Crippen molar-refractivity contribution in [1.29, 1.82) is 0 Å². The quantitative estimate of drug-likeness (QED) is 0.851. The number of aromatic nitrogens is 2. The van der Waals surface area contributed by atoms with Crippen LogP contribution in [0.1, 0.15) is 23.2 Å². The highest BCUT2D eigenvalue weighted by molar-refractivity contribution is 6.32. The molecule has 25 heavy (non-hydrogen) atoms. The number of benzene rings is 1. The zero-order chi connectivity index (χ0) is 17.8. The Labute approximate surface area is 151 Å². The third-order valence-electron chi connectivity index (χ3n) is 4.07. The number of rotatable bonds is 5. The van der Waals surface area contributed by atoms with Gasteiger partial charge in [-0.25, -0.2) is 4.98 Å². The predicted molar refractivity (Wildman–Crippen MR) is 98.0 cm³/mol. The average molecular weight is 362 g/mol. The van der Waals surface area contributed by atoms with Crippen LogP contribution in [0.3, 0.4) is 0 Å². The normalized spacial score (nSPS) is 13.6. The molecule has 1 fully saturated rings. The second-order valence-corrected chi connectivity index (χ2v) is 6.09. The molecule has 1 amide bonds. The van der Waals surface area contributed by atoms with Crippen LogP contribution in [0.25, 0.3) is 0 Å². The van der Waals surface area contributed by atoms with Gasteiger partial charge in [0.1, 0.15) is 16.6 Å². The van der Waals surface area contributed by atoms with E-state index in [1.54, 1.807) is 32.4 Å². The molecule has 2 heterocycles. The largest absolute Gasteiger partial charge is 0.495 e. The van der Waals surface area contributed by atoms with Crippen LogP contribution in [-0.2, 0) is 0 Å². The lowest BCUT2D eigenvalue weighted by Gasteiger charge is -2.17. The van der Waals surface area contributed by atoms with E-state index in [4.69, 9.17) is 16.3 Å². The van der Waals surface area contributed by atoms with Crippen LogP contribution >= 0.6 is 11.6 Å². The van der Waals surface area contributed by atoms with Gasteiger partial charge in [0, 0.05) is 25.7 Å². The second-order valence-electron chi connectivity index (χ2n) is 5.68. The summed E-state index contributed by atoms with van der Waals surface area (Å²) in [5.74, 6) is 1.49. The number of ether oxygens (including phenoxy) is 1. The molecule has 0 bridgehead atoms. The summed E-state index contributed by atoms with van der Waals surface area (Å²) in [5, 5.41) is 6.43. The van der Waals surface area contributed by atoms with Crippen molar-refractivity contribution in [3.63, 3.8) is 0 Å². The summed E-state index contributed by atoms with van der Waals surface area (Å²) >= 11 is 5.99. The summed E-state index contributed by atoms with van der Waals surface area (Å²) in [6.45, 7) is 1.62. The van der Waals surface area contributed by atoms with Crippen molar-refractivity contribution in [1.82, 2.24) is 14.9 Å². The third-order valence-corrected chi connectivity index (χ3v) is 4.35. The molecule has 1 aliphatic heterocycles. The highest BCUT2D eigenvalue weighted by Crippen LogP contribution is 2.29. The first-order valence-corrected chi connectivity index (χ1v) is 8.45. The average Bonchev–Trinajstić information content (AvgIpc) is 3.17. The predicted octanol–water partition coefficient (Wildman–Crippen LogP) is 3.16. The molecule has 0 unspecified atom stereocenters. The Morgan fingerprint density at radius 2 is 2.08 bits per heavy atom. The molecule has 3 rings (SSSR count). The van der Waals surface area contributed by atoms with Gasteiger partial charge in [0.15, 0.2) is 0 Å². The van der Waals surface area contributed by atoms with E-state index < -0.39 is 0 Å². The molecular formula is C17H20ClN5O2. The van der Waals surface area contributed by atoms with Crippen LogP contribution in [0.4, 0.5) is 17.5 Å². The number of hydrogen-bond acceptors (Lipinski definition) is 6. The first kappa shape index (κ1) is 17.3. The number of methoxy groups -OCH3 is 1. The number of hydrogen-bond donors (Lipinski definition) is 2. The van der Waals surface area contributed by atoms with Gasteiger partial charge in [-0.05, 0) is 31.0 Å². The maximum absolute atomic E-state index is 12.5. The summed E-state index contributed by atoms with van der Waals surface area (Å²) < 4.78 is 5.42. The van der Waals surface area contributed by atoms with Gasteiger partial charge in [-0.2, -0.15) is 4.98 Å². The molecule has 1 aromatic heterocycles. The van der Waals surface area contributed by atoms with E-state index >= 15 is 0 Å². The molecule has 0 atom stereocenters. The number of carbonyl (C=O) groups excluding carboxylic acids is 1. The van der Waals surface area contributed by atoms with Gasteiger partial charge in [0.25, 0.3) is 5.91 Å². The molecule has 7 nitrogen and oxygen atoms in total. The Balaban J connectivity index is 1.83. The summed E-state index contributed by atoms with van der Waals surface area (Å²) in [4.78, 5) is 22.8. The summed E-state index contributed by atoms with van der Waals surface area (Å²) in [6.07, 6.45) is 3.63. The van der Waals surface area contributed by atoms with E-state index in [0.29, 0.717) is 33.8 Å². The monoisotopic (exact) mass is 361 g/mol. The van der Waals surface area contributed by atoms with Crippen molar-refractivity contribution in [2.75, 3.05) is 37.9 Å². The topological polar surface area (TPSA) is 79.4 Å².